The Hall–Kier alpha value is -3.51. The topological polar surface area (TPSA) is 90.1 Å². The summed E-state index contributed by atoms with van der Waals surface area (Å²) in [6.07, 6.45) is 3.39. The molecule has 0 fully saturated rings. The van der Waals surface area contributed by atoms with Crippen LogP contribution in [0.5, 0.6) is 5.75 Å². The molecule has 1 unspecified atom stereocenters. The van der Waals surface area contributed by atoms with Gasteiger partial charge in [-0.1, -0.05) is 12.8 Å². The predicted molar refractivity (Wildman–Crippen MR) is 116 cm³/mol. The van der Waals surface area contributed by atoms with Gasteiger partial charge in [0.1, 0.15) is 17.0 Å². The molecule has 0 bridgehead atoms. The first-order valence-corrected chi connectivity index (χ1v) is 10.5. The zero-order chi connectivity index (χ0) is 20.2. The van der Waals surface area contributed by atoms with Crippen molar-refractivity contribution < 1.29 is 4.74 Å². The molecule has 4 aromatic rings. The number of nitrogens with zero attached hydrogens (tertiary/aromatic N) is 6. The molecule has 0 radical (unpaired) electrons. The quantitative estimate of drug-likeness (QED) is 0.403. The van der Waals surface area contributed by atoms with E-state index in [0.717, 1.165) is 22.5 Å². The van der Waals surface area contributed by atoms with Gasteiger partial charge in [-0.15, -0.1) is 20.7 Å². The number of hydrogen-bond acceptors (Lipinski definition) is 7. The summed E-state index contributed by atoms with van der Waals surface area (Å²) in [5.41, 5.74) is 3.67. The zero-order valence-electron chi connectivity index (χ0n) is 16.1. The van der Waals surface area contributed by atoms with Crippen LogP contribution in [0, 0.1) is 11.2 Å². The summed E-state index contributed by atoms with van der Waals surface area (Å²) in [6.45, 7) is 2.49. The Morgan fingerprint density at radius 1 is 1.24 bits per heavy atom. The van der Waals surface area contributed by atoms with Crippen molar-refractivity contribution in [2.75, 3.05) is 18.2 Å². The molecule has 1 N–H and O–H groups in total. The van der Waals surface area contributed by atoms with Crippen molar-refractivity contribution in [3.63, 3.8) is 0 Å². The standard InChI is InChI=1S/C20H19N7OS/c1-4-29(3)10-8-14-5-6-18-24-25-19(27(18)26-14)13-22-16-7-9-21-17-11-15(28-2)12-23-20(16)17/h5-7,9,11-12H,3-4,13H2,1-2H3,(H,21,22). The minimum absolute atomic E-state index is 0.177. The average Bonchev–Trinajstić information content (AvgIpc) is 3.17. The molecule has 0 aromatic carbocycles. The van der Waals surface area contributed by atoms with E-state index >= 15 is 0 Å². The summed E-state index contributed by atoms with van der Waals surface area (Å²) in [5, 5.41) is 19.4. The molecule has 146 valence electrons. The van der Waals surface area contributed by atoms with Crippen molar-refractivity contribution in [2.45, 2.75) is 13.5 Å². The Bertz CT molecular complexity index is 1270. The number of rotatable bonds is 5. The van der Waals surface area contributed by atoms with E-state index in [2.05, 4.69) is 54.5 Å². The largest absolute Gasteiger partial charge is 0.495 e. The smallest absolute Gasteiger partial charge is 0.178 e. The molecule has 0 saturated carbocycles. The highest BCUT2D eigenvalue weighted by Gasteiger charge is 2.09. The van der Waals surface area contributed by atoms with Gasteiger partial charge in [0.25, 0.3) is 0 Å². The third kappa shape index (κ3) is 4.02. The summed E-state index contributed by atoms with van der Waals surface area (Å²) in [4.78, 5) is 8.80. The van der Waals surface area contributed by atoms with Crippen LogP contribution in [0.1, 0.15) is 18.4 Å². The maximum Gasteiger partial charge on any atom is 0.178 e. The lowest BCUT2D eigenvalue weighted by molar-refractivity contribution is 0.413. The Kier molecular flexibility index (Phi) is 5.35. The number of anilines is 1. The van der Waals surface area contributed by atoms with Gasteiger partial charge in [-0.2, -0.15) is 9.61 Å². The zero-order valence-corrected chi connectivity index (χ0v) is 16.9. The molecule has 1 atom stereocenters. The lowest BCUT2D eigenvalue weighted by Crippen LogP contribution is -2.07. The number of pyridine rings is 2. The predicted octanol–water partition coefficient (Wildman–Crippen LogP) is 2.72. The SMILES string of the molecule is C=S(C#Cc1ccc2nnc(CNc3ccnc4cc(OC)cnc34)n2n1)CC. The summed E-state index contributed by atoms with van der Waals surface area (Å²) in [7, 11) is 1.43. The Labute approximate surface area is 170 Å². The van der Waals surface area contributed by atoms with Gasteiger partial charge in [0.05, 0.1) is 31.1 Å². The van der Waals surface area contributed by atoms with Crippen LogP contribution < -0.4 is 10.1 Å². The fraction of sp³-hybridized carbons (Fsp3) is 0.200. The normalized spacial score (nSPS) is 11.8. The maximum absolute atomic E-state index is 5.21. The van der Waals surface area contributed by atoms with Crippen molar-refractivity contribution in [2.24, 2.45) is 0 Å². The van der Waals surface area contributed by atoms with Gasteiger partial charge in [0, 0.05) is 12.3 Å². The lowest BCUT2D eigenvalue weighted by atomic mass is 10.2. The molecule has 0 saturated heterocycles. The van der Waals surface area contributed by atoms with Crippen LogP contribution >= 0.6 is 10.5 Å². The molecule has 9 heteroatoms. The molecule has 0 amide bonds. The Morgan fingerprint density at radius 3 is 2.97 bits per heavy atom. The first-order valence-electron chi connectivity index (χ1n) is 8.94. The van der Waals surface area contributed by atoms with Crippen LogP contribution in [0.2, 0.25) is 0 Å². The highest BCUT2D eigenvalue weighted by molar-refractivity contribution is 8.18. The summed E-state index contributed by atoms with van der Waals surface area (Å²) >= 11 is 0. The van der Waals surface area contributed by atoms with Crippen LogP contribution in [0.25, 0.3) is 16.7 Å². The second kappa shape index (κ2) is 8.24. The van der Waals surface area contributed by atoms with E-state index in [-0.39, 0.29) is 10.5 Å². The molecule has 0 aliphatic rings. The second-order valence-corrected chi connectivity index (χ2v) is 7.84. The van der Waals surface area contributed by atoms with E-state index in [4.69, 9.17) is 4.74 Å². The highest BCUT2D eigenvalue weighted by atomic mass is 32.2. The molecular formula is C20H19N7OS. The van der Waals surface area contributed by atoms with E-state index in [9.17, 15) is 0 Å². The third-order valence-electron chi connectivity index (χ3n) is 4.22. The molecule has 4 heterocycles. The Balaban J connectivity index is 1.60. The lowest BCUT2D eigenvalue weighted by Gasteiger charge is -2.08. The summed E-state index contributed by atoms with van der Waals surface area (Å²) in [5.74, 6) is 9.34. The summed E-state index contributed by atoms with van der Waals surface area (Å²) in [6, 6.07) is 7.42. The van der Waals surface area contributed by atoms with Crippen LogP contribution in [-0.2, 0) is 6.54 Å². The number of ether oxygens (including phenoxy) is 1. The van der Waals surface area contributed by atoms with Crippen molar-refractivity contribution in [3.8, 4) is 16.9 Å². The van der Waals surface area contributed by atoms with Crippen molar-refractivity contribution in [1.82, 2.24) is 29.8 Å². The van der Waals surface area contributed by atoms with Crippen LogP contribution in [0.15, 0.2) is 36.7 Å². The number of methoxy groups -OCH3 is 1. The molecule has 0 aliphatic carbocycles. The Morgan fingerprint density at radius 2 is 2.14 bits per heavy atom. The van der Waals surface area contributed by atoms with Crippen LogP contribution in [-0.4, -0.2) is 48.5 Å². The first kappa shape index (κ1) is 18.8. The first-order chi connectivity index (χ1) is 14.2. The van der Waals surface area contributed by atoms with E-state index < -0.39 is 0 Å². The van der Waals surface area contributed by atoms with Gasteiger partial charge < -0.3 is 10.1 Å². The van der Waals surface area contributed by atoms with Crippen molar-refractivity contribution >= 4 is 38.7 Å². The third-order valence-corrected chi connectivity index (χ3v) is 5.31. The van der Waals surface area contributed by atoms with Gasteiger partial charge in [0.15, 0.2) is 11.5 Å². The molecule has 0 spiro atoms. The van der Waals surface area contributed by atoms with E-state index in [1.165, 1.54) is 0 Å². The van der Waals surface area contributed by atoms with Crippen molar-refractivity contribution in [1.29, 1.82) is 0 Å². The molecule has 8 nitrogen and oxygen atoms in total. The molecule has 4 rings (SSSR count). The van der Waals surface area contributed by atoms with E-state index in [1.54, 1.807) is 24.0 Å². The monoisotopic (exact) mass is 405 g/mol. The number of aromatic nitrogens is 6. The molecule has 29 heavy (non-hydrogen) atoms. The molecule has 0 aliphatic heterocycles. The van der Waals surface area contributed by atoms with Gasteiger partial charge >= 0.3 is 0 Å². The number of fused-ring (bicyclic) bond motifs is 2. The second-order valence-electron chi connectivity index (χ2n) is 6.07. The maximum atomic E-state index is 5.21. The van der Waals surface area contributed by atoms with Gasteiger partial charge in [-0.3, -0.25) is 4.98 Å². The van der Waals surface area contributed by atoms with Crippen molar-refractivity contribution in [3.05, 3.63) is 48.2 Å². The molecule has 4 aromatic heterocycles. The van der Waals surface area contributed by atoms with Gasteiger partial charge in [-0.25, -0.2) is 4.98 Å². The fourth-order valence-electron chi connectivity index (χ4n) is 2.65. The number of hydrogen-bond donors (Lipinski definition) is 1. The summed E-state index contributed by atoms with van der Waals surface area (Å²) < 4.78 is 6.91. The van der Waals surface area contributed by atoms with Gasteiger partial charge in [-0.05, 0) is 35.1 Å². The minimum atomic E-state index is -0.177. The van der Waals surface area contributed by atoms with E-state index in [1.807, 2.05) is 24.3 Å². The van der Waals surface area contributed by atoms with Crippen LogP contribution in [0.3, 0.4) is 0 Å². The molecular weight excluding hydrogens is 386 g/mol. The number of nitrogens with one attached hydrogen (secondary N) is 1. The minimum Gasteiger partial charge on any atom is -0.495 e. The average molecular weight is 405 g/mol. The van der Waals surface area contributed by atoms with Crippen LogP contribution in [0.4, 0.5) is 5.69 Å². The fourth-order valence-corrected chi connectivity index (χ4v) is 3.04. The van der Waals surface area contributed by atoms with E-state index in [0.29, 0.717) is 29.5 Å². The van der Waals surface area contributed by atoms with Gasteiger partial charge in [0.2, 0.25) is 0 Å². The highest BCUT2D eigenvalue weighted by Crippen LogP contribution is 2.23.